The van der Waals surface area contributed by atoms with Gasteiger partial charge in [-0.25, -0.2) is 0 Å². The molecule has 1 aliphatic rings. The van der Waals surface area contributed by atoms with Gasteiger partial charge in [0.25, 0.3) is 5.91 Å². The molecule has 1 aliphatic heterocycles. The third kappa shape index (κ3) is 3.87. The summed E-state index contributed by atoms with van der Waals surface area (Å²) in [4.78, 5) is 24.1. The molecule has 122 valence electrons. The molecule has 1 heterocycles. The van der Waals surface area contributed by atoms with Crippen LogP contribution in [0.4, 0.5) is 5.69 Å². The normalized spacial score (nSPS) is 13.8. The van der Waals surface area contributed by atoms with Crippen LogP contribution in [0.5, 0.6) is 0 Å². The summed E-state index contributed by atoms with van der Waals surface area (Å²) in [6.45, 7) is 2.03. The summed E-state index contributed by atoms with van der Waals surface area (Å²) in [5.74, 6) is 0.129. The van der Waals surface area contributed by atoms with Crippen LogP contribution in [-0.2, 0) is 16.0 Å². The van der Waals surface area contributed by atoms with Crippen molar-refractivity contribution in [3.8, 4) is 0 Å². The van der Waals surface area contributed by atoms with Gasteiger partial charge in [-0.2, -0.15) is 10.1 Å². The summed E-state index contributed by atoms with van der Waals surface area (Å²) in [6, 6.07) is 17.3. The second-order valence-electron chi connectivity index (χ2n) is 5.80. The van der Waals surface area contributed by atoms with Crippen molar-refractivity contribution in [2.24, 2.45) is 5.10 Å². The third-order valence-electron chi connectivity index (χ3n) is 3.82. The number of hydrogen-bond acceptors (Lipinski definition) is 3. The minimum absolute atomic E-state index is 0.116. The van der Waals surface area contributed by atoms with E-state index in [1.807, 2.05) is 61.5 Å². The van der Waals surface area contributed by atoms with Crippen LogP contribution in [0.1, 0.15) is 24.0 Å². The molecular weight excluding hydrogens is 302 g/mol. The highest BCUT2D eigenvalue weighted by atomic mass is 16.2. The molecule has 0 saturated heterocycles. The Kier molecular flexibility index (Phi) is 4.70. The molecule has 0 aliphatic carbocycles. The number of hydrogen-bond donors (Lipinski definition) is 1. The van der Waals surface area contributed by atoms with E-state index >= 15 is 0 Å². The van der Waals surface area contributed by atoms with Gasteiger partial charge in [0, 0.05) is 6.42 Å². The Labute approximate surface area is 141 Å². The van der Waals surface area contributed by atoms with E-state index in [4.69, 9.17) is 0 Å². The molecule has 5 nitrogen and oxygen atoms in total. The number of nitrogens with zero attached hydrogens (tertiary/aromatic N) is 2. The zero-order valence-corrected chi connectivity index (χ0v) is 13.5. The minimum Gasteiger partial charge on any atom is -0.312 e. The van der Waals surface area contributed by atoms with E-state index < -0.39 is 0 Å². The maximum Gasteiger partial charge on any atom is 0.255 e. The molecule has 24 heavy (non-hydrogen) atoms. The fraction of sp³-hybridized carbons (Fsp3) is 0.211. The minimum atomic E-state index is -0.143. The molecule has 0 bridgehead atoms. The van der Waals surface area contributed by atoms with E-state index in [2.05, 4.69) is 10.4 Å². The van der Waals surface area contributed by atoms with E-state index in [0.717, 1.165) is 5.56 Å². The highest BCUT2D eigenvalue weighted by molar-refractivity contribution is 6.15. The van der Waals surface area contributed by atoms with Gasteiger partial charge in [-0.15, -0.1) is 0 Å². The number of benzene rings is 2. The van der Waals surface area contributed by atoms with Crippen LogP contribution >= 0.6 is 0 Å². The highest BCUT2D eigenvalue weighted by Crippen LogP contribution is 2.19. The van der Waals surface area contributed by atoms with Gasteiger partial charge in [-0.3, -0.25) is 9.59 Å². The Bertz CT molecular complexity index is 767. The summed E-state index contributed by atoms with van der Waals surface area (Å²) in [5.41, 5.74) is 3.01. The molecule has 0 spiro atoms. The zero-order valence-electron chi connectivity index (χ0n) is 13.5. The Hall–Kier alpha value is -2.95. The van der Waals surface area contributed by atoms with Crippen molar-refractivity contribution in [2.45, 2.75) is 26.2 Å². The second-order valence-corrected chi connectivity index (χ2v) is 5.80. The first-order valence-corrected chi connectivity index (χ1v) is 7.93. The standard InChI is InChI=1S/C19H19N3O2/c1-14-7-9-15(10-8-14)11-12-18(23)20-17-13-19(24)22(21-17)16-5-3-2-4-6-16/h2-10H,11-13H2,1H3,(H,20,21,23). The van der Waals surface area contributed by atoms with E-state index in [0.29, 0.717) is 24.4 Å². The van der Waals surface area contributed by atoms with Crippen LogP contribution < -0.4 is 10.3 Å². The Morgan fingerprint density at radius 3 is 2.54 bits per heavy atom. The van der Waals surface area contributed by atoms with Crippen molar-refractivity contribution < 1.29 is 9.59 Å². The maximum atomic E-state index is 12.1. The van der Waals surface area contributed by atoms with Gasteiger partial charge in [0.2, 0.25) is 5.91 Å². The van der Waals surface area contributed by atoms with Crippen molar-refractivity contribution in [3.63, 3.8) is 0 Å². The van der Waals surface area contributed by atoms with Crippen LogP contribution in [0.25, 0.3) is 0 Å². The monoisotopic (exact) mass is 321 g/mol. The molecule has 0 saturated carbocycles. The van der Waals surface area contributed by atoms with Crippen LogP contribution in [-0.4, -0.2) is 17.6 Å². The molecule has 0 fully saturated rings. The molecule has 0 radical (unpaired) electrons. The lowest BCUT2D eigenvalue weighted by molar-refractivity contribution is -0.119. The predicted octanol–water partition coefficient (Wildman–Crippen LogP) is 2.79. The predicted molar refractivity (Wildman–Crippen MR) is 93.6 cm³/mol. The molecule has 2 amide bonds. The van der Waals surface area contributed by atoms with E-state index in [1.165, 1.54) is 10.6 Å². The van der Waals surface area contributed by atoms with Crippen molar-refractivity contribution in [3.05, 3.63) is 65.7 Å². The Morgan fingerprint density at radius 2 is 1.83 bits per heavy atom. The van der Waals surface area contributed by atoms with Crippen molar-refractivity contribution in [1.29, 1.82) is 0 Å². The fourth-order valence-corrected chi connectivity index (χ4v) is 2.51. The largest absolute Gasteiger partial charge is 0.312 e. The average Bonchev–Trinajstić information content (AvgIpc) is 2.95. The first kappa shape index (κ1) is 15.9. The number of amides is 2. The number of para-hydroxylation sites is 1. The van der Waals surface area contributed by atoms with Gasteiger partial charge >= 0.3 is 0 Å². The first-order valence-electron chi connectivity index (χ1n) is 7.93. The van der Waals surface area contributed by atoms with Crippen LogP contribution in [0.15, 0.2) is 59.7 Å². The van der Waals surface area contributed by atoms with Gasteiger partial charge in [0.15, 0.2) is 0 Å². The Morgan fingerprint density at radius 1 is 1.12 bits per heavy atom. The average molecular weight is 321 g/mol. The third-order valence-corrected chi connectivity index (χ3v) is 3.82. The number of anilines is 1. The summed E-state index contributed by atoms with van der Waals surface area (Å²) >= 11 is 0. The molecule has 0 aromatic heterocycles. The van der Waals surface area contributed by atoms with Crippen molar-refractivity contribution >= 4 is 23.3 Å². The molecule has 5 heteroatoms. The lowest BCUT2D eigenvalue weighted by atomic mass is 10.1. The first-order chi connectivity index (χ1) is 11.6. The molecular formula is C19H19N3O2. The van der Waals surface area contributed by atoms with E-state index in [-0.39, 0.29) is 18.2 Å². The molecule has 0 unspecified atom stereocenters. The number of carbonyl (C=O) groups excluding carboxylic acids is 2. The van der Waals surface area contributed by atoms with E-state index in [1.54, 1.807) is 0 Å². The van der Waals surface area contributed by atoms with Gasteiger partial charge in [0.05, 0.1) is 12.1 Å². The molecule has 2 aromatic carbocycles. The number of amidine groups is 1. The van der Waals surface area contributed by atoms with Crippen LogP contribution in [0.2, 0.25) is 0 Å². The molecule has 0 atom stereocenters. The lowest BCUT2D eigenvalue weighted by Crippen LogP contribution is -2.29. The van der Waals surface area contributed by atoms with Gasteiger partial charge < -0.3 is 5.32 Å². The van der Waals surface area contributed by atoms with Gasteiger partial charge in [-0.1, -0.05) is 48.0 Å². The van der Waals surface area contributed by atoms with Gasteiger partial charge in [-0.05, 0) is 31.0 Å². The van der Waals surface area contributed by atoms with Crippen LogP contribution in [0.3, 0.4) is 0 Å². The molecule has 1 N–H and O–H groups in total. The van der Waals surface area contributed by atoms with Crippen LogP contribution in [0, 0.1) is 6.92 Å². The number of aryl methyl sites for hydroxylation is 2. The zero-order chi connectivity index (χ0) is 16.9. The fourth-order valence-electron chi connectivity index (χ4n) is 2.51. The maximum absolute atomic E-state index is 12.1. The van der Waals surface area contributed by atoms with Crippen molar-refractivity contribution in [1.82, 2.24) is 5.32 Å². The topological polar surface area (TPSA) is 61.8 Å². The Balaban J connectivity index is 1.56. The number of carbonyl (C=O) groups is 2. The number of hydrazone groups is 1. The van der Waals surface area contributed by atoms with Gasteiger partial charge in [0.1, 0.15) is 5.84 Å². The number of nitrogens with one attached hydrogen (secondary N) is 1. The SMILES string of the molecule is Cc1ccc(CCC(=O)NC2=NN(c3ccccc3)C(=O)C2)cc1. The quantitative estimate of drug-likeness (QED) is 0.941. The van der Waals surface area contributed by atoms with E-state index in [9.17, 15) is 9.59 Å². The number of rotatable bonds is 4. The highest BCUT2D eigenvalue weighted by Gasteiger charge is 2.26. The molecule has 2 aromatic rings. The summed E-state index contributed by atoms with van der Waals surface area (Å²) in [6.07, 6.45) is 1.14. The lowest BCUT2D eigenvalue weighted by Gasteiger charge is -2.10. The summed E-state index contributed by atoms with van der Waals surface area (Å²) < 4.78 is 0. The molecule has 3 rings (SSSR count). The smallest absolute Gasteiger partial charge is 0.255 e. The van der Waals surface area contributed by atoms with Crippen molar-refractivity contribution in [2.75, 3.05) is 5.01 Å². The second kappa shape index (κ2) is 7.08. The summed E-state index contributed by atoms with van der Waals surface area (Å²) in [5, 5.41) is 8.28. The summed E-state index contributed by atoms with van der Waals surface area (Å²) in [7, 11) is 0.